The van der Waals surface area contributed by atoms with E-state index in [9.17, 15) is 23.3 Å². The van der Waals surface area contributed by atoms with Crippen LogP contribution < -0.4 is 0 Å². The van der Waals surface area contributed by atoms with Gasteiger partial charge in [0, 0.05) is 0 Å². The summed E-state index contributed by atoms with van der Waals surface area (Å²) in [6, 6.07) is -0.447. The van der Waals surface area contributed by atoms with Crippen LogP contribution in [0.3, 0.4) is 0 Å². The predicted octanol–water partition coefficient (Wildman–Crippen LogP) is 3.43. The summed E-state index contributed by atoms with van der Waals surface area (Å²) >= 11 is 5.56. The Labute approximate surface area is 99.3 Å². The van der Waals surface area contributed by atoms with Crippen molar-refractivity contribution in [1.82, 2.24) is 9.78 Å². The number of nitro groups is 1. The molecule has 0 aliphatic carbocycles. The van der Waals surface area contributed by atoms with Gasteiger partial charge in [-0.15, -0.1) is 0 Å². The largest absolute Gasteiger partial charge is 0.442 e. The average Bonchev–Trinajstić information content (AvgIpc) is 2.54. The Morgan fingerprint density at radius 1 is 1.59 bits per heavy atom. The fourth-order valence-corrected chi connectivity index (χ4v) is 1.59. The minimum absolute atomic E-state index is 0.447. The molecule has 1 rings (SSSR count). The Kier molecular flexibility index (Phi) is 3.65. The summed E-state index contributed by atoms with van der Waals surface area (Å²) in [7, 11) is 0. The molecule has 0 amide bonds. The van der Waals surface area contributed by atoms with Gasteiger partial charge in [0.2, 0.25) is 10.8 Å². The normalized spacial score (nSPS) is 13.8. The molecule has 0 saturated heterocycles. The molecule has 0 N–H and O–H groups in total. The molecule has 96 valence electrons. The molecule has 0 bridgehead atoms. The molecule has 0 radical (unpaired) electrons. The molecule has 1 atom stereocenters. The second-order valence-corrected chi connectivity index (χ2v) is 3.80. The Bertz CT molecular complexity index is 444. The highest BCUT2D eigenvalue weighted by atomic mass is 35.5. The number of halogens is 4. The standard InChI is InChI=1S/C8H9ClF3N3O2/c1-3-4(2)14-7(9)5(15(16)17)6(13-14)8(10,11)12/h4H,3H2,1-2H3. The van der Waals surface area contributed by atoms with Crippen LogP contribution in [0.1, 0.15) is 32.0 Å². The molecule has 5 nitrogen and oxygen atoms in total. The first-order valence-corrected chi connectivity index (χ1v) is 5.07. The molecule has 1 heterocycles. The average molecular weight is 272 g/mol. The molecule has 0 aliphatic heterocycles. The van der Waals surface area contributed by atoms with Crippen molar-refractivity contribution >= 4 is 17.3 Å². The highest BCUT2D eigenvalue weighted by Gasteiger charge is 2.45. The first-order valence-electron chi connectivity index (χ1n) is 4.69. The quantitative estimate of drug-likeness (QED) is 0.625. The van der Waals surface area contributed by atoms with Gasteiger partial charge in [-0.1, -0.05) is 18.5 Å². The van der Waals surface area contributed by atoms with E-state index in [1.165, 1.54) is 0 Å². The van der Waals surface area contributed by atoms with Crippen LogP contribution >= 0.6 is 11.6 Å². The molecule has 0 spiro atoms. The summed E-state index contributed by atoms with van der Waals surface area (Å²) in [6.07, 6.45) is -4.44. The van der Waals surface area contributed by atoms with Crippen molar-refractivity contribution in [1.29, 1.82) is 0 Å². The molecule has 0 aliphatic rings. The van der Waals surface area contributed by atoms with E-state index in [0.717, 1.165) is 4.68 Å². The lowest BCUT2D eigenvalue weighted by molar-refractivity contribution is -0.388. The van der Waals surface area contributed by atoms with Crippen molar-refractivity contribution in [2.24, 2.45) is 0 Å². The SMILES string of the molecule is CCC(C)n1nc(C(F)(F)F)c([N+](=O)[O-])c1Cl. The van der Waals surface area contributed by atoms with Gasteiger partial charge < -0.3 is 0 Å². The van der Waals surface area contributed by atoms with Crippen molar-refractivity contribution in [3.05, 3.63) is 21.0 Å². The Morgan fingerprint density at radius 3 is 2.41 bits per heavy atom. The Balaban J connectivity index is 3.46. The number of rotatable bonds is 3. The summed E-state index contributed by atoms with van der Waals surface area (Å²) in [6.45, 7) is 3.28. The van der Waals surface area contributed by atoms with Gasteiger partial charge in [-0.3, -0.25) is 10.1 Å². The molecule has 9 heteroatoms. The number of hydrogen-bond donors (Lipinski definition) is 0. The molecular weight excluding hydrogens is 263 g/mol. The van der Waals surface area contributed by atoms with Gasteiger partial charge >= 0.3 is 11.9 Å². The minimum Gasteiger partial charge on any atom is -0.258 e. The summed E-state index contributed by atoms with van der Waals surface area (Å²) in [5.74, 6) is 0. The van der Waals surface area contributed by atoms with Crippen LogP contribution in [-0.4, -0.2) is 14.7 Å². The summed E-state index contributed by atoms with van der Waals surface area (Å²) in [4.78, 5) is 9.41. The highest BCUT2D eigenvalue weighted by Crippen LogP contribution is 2.40. The lowest BCUT2D eigenvalue weighted by atomic mass is 10.3. The van der Waals surface area contributed by atoms with Gasteiger partial charge in [0.25, 0.3) is 0 Å². The van der Waals surface area contributed by atoms with E-state index in [1.54, 1.807) is 13.8 Å². The van der Waals surface area contributed by atoms with Crippen molar-refractivity contribution in [2.45, 2.75) is 32.5 Å². The molecule has 0 aromatic carbocycles. The molecule has 1 aromatic heterocycles. The van der Waals surface area contributed by atoms with E-state index >= 15 is 0 Å². The maximum Gasteiger partial charge on any atom is 0.442 e. The molecule has 0 fully saturated rings. The number of nitrogens with zero attached hydrogens (tertiary/aromatic N) is 3. The van der Waals surface area contributed by atoms with Gasteiger partial charge in [0.1, 0.15) is 0 Å². The zero-order valence-corrected chi connectivity index (χ0v) is 9.71. The van der Waals surface area contributed by atoms with Crippen LogP contribution in [0.2, 0.25) is 5.15 Å². The van der Waals surface area contributed by atoms with Crippen LogP contribution in [-0.2, 0) is 6.18 Å². The van der Waals surface area contributed by atoms with E-state index in [4.69, 9.17) is 11.6 Å². The third kappa shape index (κ3) is 2.51. The van der Waals surface area contributed by atoms with Gasteiger partial charge in [0.05, 0.1) is 11.0 Å². The number of hydrogen-bond acceptors (Lipinski definition) is 3. The van der Waals surface area contributed by atoms with E-state index in [0.29, 0.717) is 6.42 Å². The van der Waals surface area contributed by atoms with Crippen molar-refractivity contribution in [3.8, 4) is 0 Å². The van der Waals surface area contributed by atoms with Crippen LogP contribution in [0.15, 0.2) is 0 Å². The minimum atomic E-state index is -4.90. The Hall–Kier alpha value is -1.31. The molecule has 17 heavy (non-hydrogen) atoms. The number of aromatic nitrogens is 2. The van der Waals surface area contributed by atoms with E-state index in [2.05, 4.69) is 5.10 Å². The Morgan fingerprint density at radius 2 is 2.12 bits per heavy atom. The molecular formula is C8H9ClF3N3O2. The second-order valence-electron chi connectivity index (χ2n) is 3.44. The third-order valence-corrected chi connectivity index (χ3v) is 2.64. The molecule has 1 unspecified atom stereocenters. The van der Waals surface area contributed by atoms with Crippen LogP contribution in [0.4, 0.5) is 18.9 Å². The lowest BCUT2D eigenvalue weighted by Gasteiger charge is -2.09. The zero-order valence-electron chi connectivity index (χ0n) is 8.95. The van der Waals surface area contributed by atoms with Gasteiger partial charge in [-0.25, -0.2) is 4.68 Å². The highest BCUT2D eigenvalue weighted by molar-refractivity contribution is 6.31. The monoisotopic (exact) mass is 271 g/mol. The van der Waals surface area contributed by atoms with Gasteiger partial charge in [0.15, 0.2) is 0 Å². The topological polar surface area (TPSA) is 61.0 Å². The van der Waals surface area contributed by atoms with Crippen LogP contribution in [0.25, 0.3) is 0 Å². The summed E-state index contributed by atoms with van der Waals surface area (Å²) in [5, 5.41) is 13.2. The molecule has 1 aromatic rings. The van der Waals surface area contributed by atoms with Crippen LogP contribution in [0.5, 0.6) is 0 Å². The zero-order chi connectivity index (χ0) is 13.4. The fraction of sp³-hybridized carbons (Fsp3) is 0.625. The summed E-state index contributed by atoms with van der Waals surface area (Å²) in [5.41, 5.74) is -2.76. The third-order valence-electron chi connectivity index (χ3n) is 2.29. The maximum atomic E-state index is 12.5. The van der Waals surface area contributed by atoms with E-state index in [-0.39, 0.29) is 0 Å². The van der Waals surface area contributed by atoms with Crippen molar-refractivity contribution in [2.75, 3.05) is 0 Å². The number of alkyl halides is 3. The smallest absolute Gasteiger partial charge is 0.258 e. The molecule has 0 saturated carbocycles. The second kappa shape index (κ2) is 4.52. The first kappa shape index (κ1) is 13.8. The maximum absolute atomic E-state index is 12.5. The van der Waals surface area contributed by atoms with E-state index < -0.39 is 33.7 Å². The lowest BCUT2D eigenvalue weighted by Crippen LogP contribution is -2.11. The van der Waals surface area contributed by atoms with Crippen molar-refractivity contribution < 1.29 is 18.1 Å². The predicted molar refractivity (Wildman–Crippen MR) is 53.9 cm³/mol. The van der Waals surface area contributed by atoms with Crippen LogP contribution in [0, 0.1) is 10.1 Å². The van der Waals surface area contributed by atoms with Crippen molar-refractivity contribution in [3.63, 3.8) is 0 Å². The fourth-order valence-electron chi connectivity index (χ4n) is 1.22. The first-order chi connectivity index (χ1) is 7.70. The van der Waals surface area contributed by atoms with E-state index in [1.807, 2.05) is 0 Å². The van der Waals surface area contributed by atoms with Gasteiger partial charge in [-0.2, -0.15) is 18.3 Å². The van der Waals surface area contributed by atoms with Gasteiger partial charge in [-0.05, 0) is 13.3 Å². The summed E-state index contributed by atoms with van der Waals surface area (Å²) < 4.78 is 38.4.